The Morgan fingerprint density at radius 2 is 1.71 bits per heavy atom. The first-order valence-electron chi connectivity index (χ1n) is 10.5. The molecule has 0 aliphatic rings. The number of ether oxygens (including phenoxy) is 1. The minimum absolute atomic E-state index is 0.0275. The molecule has 4 aromatic rings. The van der Waals surface area contributed by atoms with Gasteiger partial charge in [0.2, 0.25) is 0 Å². The van der Waals surface area contributed by atoms with Gasteiger partial charge < -0.3 is 10.1 Å². The SMILES string of the molecule is COc1ccccc1CCNC(=O)c1cc2ccccc2n(-c2cccc(C(F)(F)F)c2)c1=O. The van der Waals surface area contributed by atoms with Crippen LogP contribution in [0.15, 0.2) is 83.7 Å². The van der Waals surface area contributed by atoms with E-state index in [1.54, 1.807) is 31.4 Å². The number of nitrogens with one attached hydrogen (secondary N) is 1. The number of amides is 1. The van der Waals surface area contributed by atoms with Crippen molar-refractivity contribution in [3.8, 4) is 11.4 Å². The Balaban J connectivity index is 1.70. The normalized spacial score (nSPS) is 11.4. The third kappa shape index (κ3) is 4.66. The molecule has 0 atom stereocenters. The zero-order valence-electron chi connectivity index (χ0n) is 18.2. The summed E-state index contributed by atoms with van der Waals surface area (Å²) in [6.45, 7) is 0.245. The molecule has 4 rings (SSSR count). The molecule has 1 N–H and O–H groups in total. The predicted octanol–water partition coefficient (Wildman–Crippen LogP) is 4.99. The second kappa shape index (κ2) is 9.43. The number of rotatable bonds is 6. The van der Waals surface area contributed by atoms with Crippen LogP contribution in [-0.2, 0) is 12.6 Å². The lowest BCUT2D eigenvalue weighted by Gasteiger charge is -2.15. The second-order valence-electron chi connectivity index (χ2n) is 7.62. The van der Waals surface area contributed by atoms with Crippen LogP contribution in [0.25, 0.3) is 16.6 Å². The number of benzene rings is 3. The Morgan fingerprint density at radius 3 is 2.47 bits per heavy atom. The van der Waals surface area contributed by atoms with Crippen LogP contribution >= 0.6 is 0 Å². The van der Waals surface area contributed by atoms with E-state index in [-0.39, 0.29) is 17.8 Å². The van der Waals surface area contributed by atoms with Crippen molar-refractivity contribution in [2.24, 2.45) is 0 Å². The molecule has 34 heavy (non-hydrogen) atoms. The van der Waals surface area contributed by atoms with Crippen molar-refractivity contribution < 1.29 is 22.7 Å². The van der Waals surface area contributed by atoms with Gasteiger partial charge in [0.1, 0.15) is 11.3 Å². The third-order valence-electron chi connectivity index (χ3n) is 5.46. The monoisotopic (exact) mass is 466 g/mol. The Labute approximate surface area is 193 Å². The Bertz CT molecular complexity index is 1410. The quantitative estimate of drug-likeness (QED) is 0.436. The van der Waals surface area contributed by atoms with Crippen LogP contribution in [0.3, 0.4) is 0 Å². The first kappa shape index (κ1) is 23.1. The number of fused-ring (bicyclic) bond motifs is 1. The number of methoxy groups -OCH3 is 1. The summed E-state index contributed by atoms with van der Waals surface area (Å²) in [4.78, 5) is 26.2. The molecule has 1 heterocycles. The van der Waals surface area contributed by atoms with Crippen LogP contribution in [-0.4, -0.2) is 24.1 Å². The fourth-order valence-electron chi connectivity index (χ4n) is 3.82. The Kier molecular flexibility index (Phi) is 6.40. The van der Waals surface area contributed by atoms with Crippen LogP contribution in [0.1, 0.15) is 21.5 Å². The highest BCUT2D eigenvalue weighted by Crippen LogP contribution is 2.30. The number of para-hydroxylation sites is 2. The molecule has 0 unspecified atom stereocenters. The average molecular weight is 466 g/mol. The van der Waals surface area contributed by atoms with Gasteiger partial charge in [-0.1, -0.05) is 42.5 Å². The van der Waals surface area contributed by atoms with Crippen LogP contribution in [0.4, 0.5) is 13.2 Å². The number of carbonyl (C=O) groups is 1. The molecule has 1 amide bonds. The maximum Gasteiger partial charge on any atom is 0.416 e. The highest BCUT2D eigenvalue weighted by molar-refractivity contribution is 5.97. The molecule has 0 aliphatic carbocycles. The summed E-state index contributed by atoms with van der Waals surface area (Å²) in [7, 11) is 1.56. The van der Waals surface area contributed by atoms with Gasteiger partial charge in [-0.25, -0.2) is 0 Å². The van der Waals surface area contributed by atoms with Gasteiger partial charge in [0.25, 0.3) is 11.5 Å². The van der Waals surface area contributed by atoms with Crippen molar-refractivity contribution >= 4 is 16.8 Å². The average Bonchev–Trinajstić information content (AvgIpc) is 2.83. The lowest BCUT2D eigenvalue weighted by molar-refractivity contribution is -0.137. The number of nitrogens with zero attached hydrogens (tertiary/aromatic N) is 1. The van der Waals surface area contributed by atoms with E-state index in [2.05, 4.69) is 5.32 Å². The Hall–Kier alpha value is -4.07. The molecule has 0 saturated carbocycles. The van der Waals surface area contributed by atoms with Crippen LogP contribution in [0.5, 0.6) is 5.75 Å². The zero-order valence-corrected chi connectivity index (χ0v) is 18.2. The van der Waals surface area contributed by atoms with E-state index in [0.29, 0.717) is 23.1 Å². The summed E-state index contributed by atoms with van der Waals surface area (Å²) < 4.78 is 46.3. The van der Waals surface area contributed by atoms with Gasteiger partial charge >= 0.3 is 6.18 Å². The van der Waals surface area contributed by atoms with E-state index in [9.17, 15) is 22.8 Å². The second-order valence-corrected chi connectivity index (χ2v) is 7.62. The van der Waals surface area contributed by atoms with Crippen molar-refractivity contribution in [2.45, 2.75) is 12.6 Å². The van der Waals surface area contributed by atoms with Gasteiger partial charge in [0.15, 0.2) is 0 Å². The minimum atomic E-state index is -4.57. The summed E-state index contributed by atoms with van der Waals surface area (Å²) in [5.74, 6) is 0.0840. The van der Waals surface area contributed by atoms with Gasteiger partial charge in [-0.15, -0.1) is 0 Å². The van der Waals surface area contributed by atoms with E-state index < -0.39 is 23.2 Å². The van der Waals surface area contributed by atoms with E-state index in [0.717, 1.165) is 22.3 Å². The molecule has 0 fully saturated rings. The lowest BCUT2D eigenvalue weighted by atomic mass is 10.1. The predicted molar refractivity (Wildman–Crippen MR) is 124 cm³/mol. The lowest BCUT2D eigenvalue weighted by Crippen LogP contribution is -2.33. The highest BCUT2D eigenvalue weighted by atomic mass is 19.4. The first-order valence-corrected chi connectivity index (χ1v) is 10.5. The van der Waals surface area contributed by atoms with Crippen LogP contribution < -0.4 is 15.6 Å². The summed E-state index contributed by atoms with van der Waals surface area (Å²) >= 11 is 0. The molecule has 0 bridgehead atoms. The van der Waals surface area contributed by atoms with E-state index in [1.807, 2.05) is 24.3 Å². The van der Waals surface area contributed by atoms with Gasteiger partial charge in [-0.3, -0.25) is 14.2 Å². The van der Waals surface area contributed by atoms with E-state index >= 15 is 0 Å². The van der Waals surface area contributed by atoms with Crippen molar-refractivity contribution in [1.29, 1.82) is 0 Å². The number of hydrogen-bond donors (Lipinski definition) is 1. The fourth-order valence-corrected chi connectivity index (χ4v) is 3.82. The third-order valence-corrected chi connectivity index (χ3v) is 5.46. The molecule has 0 saturated heterocycles. The topological polar surface area (TPSA) is 60.3 Å². The van der Waals surface area contributed by atoms with E-state index in [1.165, 1.54) is 18.2 Å². The minimum Gasteiger partial charge on any atom is -0.496 e. The molecule has 8 heteroatoms. The molecule has 0 radical (unpaired) electrons. The molecule has 3 aromatic carbocycles. The fraction of sp³-hybridized carbons (Fsp3) is 0.154. The number of carbonyl (C=O) groups excluding carboxylic acids is 1. The summed E-state index contributed by atoms with van der Waals surface area (Å²) in [5, 5.41) is 3.28. The number of pyridine rings is 1. The number of halogens is 3. The number of alkyl halides is 3. The maximum absolute atomic E-state index is 13.3. The van der Waals surface area contributed by atoms with Crippen LogP contribution in [0.2, 0.25) is 0 Å². The maximum atomic E-state index is 13.3. The summed E-state index contributed by atoms with van der Waals surface area (Å²) in [5.41, 5.74) is -0.418. The van der Waals surface area contributed by atoms with E-state index in [4.69, 9.17) is 4.74 Å². The van der Waals surface area contributed by atoms with Crippen molar-refractivity contribution in [1.82, 2.24) is 9.88 Å². The smallest absolute Gasteiger partial charge is 0.416 e. The summed E-state index contributed by atoms with van der Waals surface area (Å²) in [6, 6.07) is 20.1. The van der Waals surface area contributed by atoms with Gasteiger partial charge in [0.05, 0.1) is 18.2 Å². The number of aromatic nitrogens is 1. The number of hydrogen-bond acceptors (Lipinski definition) is 3. The van der Waals surface area contributed by atoms with Crippen LogP contribution in [0, 0.1) is 0 Å². The first-order chi connectivity index (χ1) is 16.3. The Morgan fingerprint density at radius 1 is 0.971 bits per heavy atom. The van der Waals surface area contributed by atoms with Crippen molar-refractivity contribution in [3.05, 3.63) is 106 Å². The zero-order chi connectivity index (χ0) is 24.3. The molecule has 174 valence electrons. The van der Waals surface area contributed by atoms with Gasteiger partial charge in [-0.2, -0.15) is 13.2 Å². The molecule has 0 spiro atoms. The van der Waals surface area contributed by atoms with Gasteiger partial charge in [0, 0.05) is 12.2 Å². The standard InChI is InChI=1S/C26H21F3N2O3/c1-34-23-12-5-3-7-17(23)13-14-30-24(32)21-15-18-8-2-4-11-22(18)31(25(21)33)20-10-6-9-19(16-20)26(27,28)29/h2-12,15-16H,13-14H2,1H3,(H,30,32). The molecule has 0 aliphatic heterocycles. The molecular formula is C26H21F3N2O3. The van der Waals surface area contributed by atoms with Gasteiger partial charge in [-0.05, 0) is 53.8 Å². The molecule has 1 aromatic heterocycles. The van der Waals surface area contributed by atoms with Crippen molar-refractivity contribution in [2.75, 3.05) is 13.7 Å². The molecule has 5 nitrogen and oxygen atoms in total. The summed E-state index contributed by atoms with van der Waals surface area (Å²) in [6.07, 6.45) is -4.09. The highest BCUT2D eigenvalue weighted by Gasteiger charge is 2.31. The molecular weight excluding hydrogens is 445 g/mol. The van der Waals surface area contributed by atoms with Crippen molar-refractivity contribution in [3.63, 3.8) is 0 Å². The largest absolute Gasteiger partial charge is 0.496 e.